The fourth-order valence-corrected chi connectivity index (χ4v) is 4.17. The first-order valence-electron chi connectivity index (χ1n) is 7.63. The summed E-state index contributed by atoms with van der Waals surface area (Å²) in [5, 5.41) is 0. The van der Waals surface area contributed by atoms with Crippen LogP contribution in [0, 0.1) is 5.92 Å². The van der Waals surface area contributed by atoms with Gasteiger partial charge in [-0.25, -0.2) is 0 Å². The maximum Gasteiger partial charge on any atom is 0.0362 e. The molecule has 1 aliphatic carbocycles. The summed E-state index contributed by atoms with van der Waals surface area (Å²) in [5.41, 5.74) is 6.49. The second-order valence-electron chi connectivity index (χ2n) is 6.20. The third-order valence-corrected chi connectivity index (χ3v) is 4.84. The van der Waals surface area contributed by atoms with Crippen molar-refractivity contribution in [1.29, 1.82) is 0 Å². The summed E-state index contributed by atoms with van der Waals surface area (Å²) in [6.45, 7) is 10.0. The minimum absolute atomic E-state index is 0.263. The zero-order valence-corrected chi connectivity index (χ0v) is 13.1. The molecule has 108 valence electrons. The van der Waals surface area contributed by atoms with Gasteiger partial charge in [0, 0.05) is 24.7 Å². The predicted molar refractivity (Wildman–Crippen MR) is 79.8 cm³/mol. The van der Waals surface area contributed by atoms with Crippen LogP contribution in [0.3, 0.4) is 0 Å². The van der Waals surface area contributed by atoms with E-state index in [4.69, 9.17) is 5.73 Å². The minimum atomic E-state index is 0.263. The number of nitrogens with two attached hydrogens (primary N) is 1. The molecule has 3 heteroatoms. The lowest BCUT2D eigenvalue weighted by Gasteiger charge is -2.48. The van der Waals surface area contributed by atoms with Gasteiger partial charge in [0.05, 0.1) is 0 Å². The predicted octanol–water partition coefficient (Wildman–Crippen LogP) is 2.17. The van der Waals surface area contributed by atoms with Crippen LogP contribution >= 0.6 is 0 Å². The molecule has 0 amide bonds. The first-order chi connectivity index (χ1) is 8.51. The Morgan fingerprint density at radius 3 is 2.44 bits per heavy atom. The molecule has 0 heterocycles. The van der Waals surface area contributed by atoms with E-state index in [-0.39, 0.29) is 5.54 Å². The normalized spacial score (nSPS) is 30.3. The molecule has 2 N–H and O–H groups in total. The summed E-state index contributed by atoms with van der Waals surface area (Å²) in [4.78, 5) is 4.97. The molecule has 0 aliphatic heterocycles. The van der Waals surface area contributed by atoms with Crippen molar-refractivity contribution < 1.29 is 0 Å². The van der Waals surface area contributed by atoms with Gasteiger partial charge in [0.15, 0.2) is 0 Å². The smallest absolute Gasteiger partial charge is 0.0362 e. The molecule has 0 aromatic carbocycles. The van der Waals surface area contributed by atoms with Crippen LogP contribution < -0.4 is 5.73 Å². The molecular formula is C15H33N3. The Labute approximate surface area is 114 Å². The van der Waals surface area contributed by atoms with Gasteiger partial charge < -0.3 is 10.6 Å². The zero-order valence-electron chi connectivity index (χ0n) is 13.1. The molecule has 0 aromatic heterocycles. The van der Waals surface area contributed by atoms with Gasteiger partial charge >= 0.3 is 0 Å². The lowest BCUT2D eigenvalue weighted by Crippen LogP contribution is -2.60. The fourth-order valence-electron chi connectivity index (χ4n) is 4.17. The summed E-state index contributed by atoms with van der Waals surface area (Å²) in [6.07, 6.45) is 5.26. The average molecular weight is 255 g/mol. The quantitative estimate of drug-likeness (QED) is 0.757. The number of likely N-dealkylation sites (N-methyl/N-ethyl adjacent to an activating group) is 2. The van der Waals surface area contributed by atoms with Crippen molar-refractivity contribution in [3.8, 4) is 0 Å². The number of rotatable bonds is 7. The van der Waals surface area contributed by atoms with Gasteiger partial charge in [-0.2, -0.15) is 0 Å². The molecule has 3 nitrogen and oxygen atoms in total. The minimum Gasteiger partial charge on any atom is -0.329 e. The van der Waals surface area contributed by atoms with E-state index in [0.29, 0.717) is 6.04 Å². The van der Waals surface area contributed by atoms with Gasteiger partial charge in [-0.05, 0) is 46.3 Å². The van der Waals surface area contributed by atoms with Crippen molar-refractivity contribution in [3.05, 3.63) is 0 Å². The SMILES string of the molecule is CCC1CCCC1(CN)N(CC)C(C)CN(C)C. The number of nitrogens with zero attached hydrogens (tertiary/aromatic N) is 2. The summed E-state index contributed by atoms with van der Waals surface area (Å²) in [7, 11) is 4.32. The lowest BCUT2D eigenvalue weighted by atomic mass is 9.82. The third-order valence-electron chi connectivity index (χ3n) is 4.84. The molecule has 0 bridgehead atoms. The Morgan fingerprint density at radius 1 is 1.33 bits per heavy atom. The number of hydrogen-bond acceptors (Lipinski definition) is 3. The average Bonchev–Trinajstić information content (AvgIpc) is 2.73. The molecule has 1 aliphatic rings. The van der Waals surface area contributed by atoms with E-state index in [2.05, 4.69) is 44.7 Å². The number of hydrogen-bond donors (Lipinski definition) is 1. The molecule has 0 aromatic rings. The fraction of sp³-hybridized carbons (Fsp3) is 1.00. The first-order valence-corrected chi connectivity index (χ1v) is 7.63. The van der Waals surface area contributed by atoms with Gasteiger partial charge in [-0.3, -0.25) is 4.90 Å². The maximum absolute atomic E-state index is 6.22. The molecule has 1 fully saturated rings. The van der Waals surface area contributed by atoms with Gasteiger partial charge in [0.1, 0.15) is 0 Å². The standard InChI is InChI=1S/C15H33N3/c1-6-14-9-8-10-15(14,12-16)18(7-2)13(3)11-17(4)5/h13-14H,6-12,16H2,1-5H3. The summed E-state index contributed by atoms with van der Waals surface area (Å²) >= 11 is 0. The molecule has 0 saturated heterocycles. The highest BCUT2D eigenvalue weighted by Gasteiger charge is 2.46. The van der Waals surface area contributed by atoms with Gasteiger partial charge in [0.25, 0.3) is 0 Å². The van der Waals surface area contributed by atoms with E-state index in [1.807, 2.05) is 0 Å². The Balaban J connectivity index is 2.88. The van der Waals surface area contributed by atoms with E-state index in [0.717, 1.165) is 25.6 Å². The first kappa shape index (κ1) is 15.9. The molecular weight excluding hydrogens is 222 g/mol. The largest absolute Gasteiger partial charge is 0.329 e. The van der Waals surface area contributed by atoms with Crippen molar-refractivity contribution >= 4 is 0 Å². The highest BCUT2D eigenvalue weighted by atomic mass is 15.3. The monoisotopic (exact) mass is 255 g/mol. The van der Waals surface area contributed by atoms with Crippen LogP contribution in [0.2, 0.25) is 0 Å². The molecule has 18 heavy (non-hydrogen) atoms. The Morgan fingerprint density at radius 2 is 2.00 bits per heavy atom. The van der Waals surface area contributed by atoms with Crippen LogP contribution in [0.4, 0.5) is 0 Å². The van der Waals surface area contributed by atoms with Crippen LogP contribution in [-0.2, 0) is 0 Å². The molecule has 0 spiro atoms. The summed E-state index contributed by atoms with van der Waals surface area (Å²) in [5.74, 6) is 0.784. The van der Waals surface area contributed by atoms with Crippen molar-refractivity contribution in [2.45, 2.75) is 58.0 Å². The zero-order chi connectivity index (χ0) is 13.8. The van der Waals surface area contributed by atoms with Crippen molar-refractivity contribution in [1.82, 2.24) is 9.80 Å². The van der Waals surface area contributed by atoms with Gasteiger partial charge in [0.2, 0.25) is 0 Å². The second-order valence-corrected chi connectivity index (χ2v) is 6.20. The molecule has 0 radical (unpaired) electrons. The Hall–Kier alpha value is -0.120. The molecule has 3 atom stereocenters. The van der Waals surface area contributed by atoms with Crippen molar-refractivity contribution in [2.75, 3.05) is 33.7 Å². The maximum atomic E-state index is 6.22. The highest BCUT2D eigenvalue weighted by Crippen LogP contribution is 2.42. The summed E-state index contributed by atoms with van der Waals surface area (Å²) < 4.78 is 0. The molecule has 3 unspecified atom stereocenters. The van der Waals surface area contributed by atoms with E-state index in [1.165, 1.54) is 25.7 Å². The van der Waals surface area contributed by atoms with Crippen LogP contribution in [0.1, 0.15) is 46.5 Å². The van der Waals surface area contributed by atoms with Crippen LogP contribution in [0.15, 0.2) is 0 Å². The van der Waals surface area contributed by atoms with Gasteiger partial charge in [-0.1, -0.05) is 26.7 Å². The topological polar surface area (TPSA) is 32.5 Å². The third kappa shape index (κ3) is 3.06. The van der Waals surface area contributed by atoms with Gasteiger partial charge in [-0.15, -0.1) is 0 Å². The molecule has 1 rings (SSSR count). The van der Waals surface area contributed by atoms with Crippen LogP contribution in [0.5, 0.6) is 0 Å². The Kier molecular flexibility index (Phi) is 6.09. The van der Waals surface area contributed by atoms with E-state index >= 15 is 0 Å². The Bertz CT molecular complexity index is 242. The summed E-state index contributed by atoms with van der Waals surface area (Å²) in [6, 6.07) is 0.584. The van der Waals surface area contributed by atoms with Crippen molar-refractivity contribution in [2.24, 2.45) is 11.7 Å². The van der Waals surface area contributed by atoms with Crippen LogP contribution in [-0.4, -0.2) is 55.1 Å². The molecule has 1 saturated carbocycles. The van der Waals surface area contributed by atoms with E-state index in [1.54, 1.807) is 0 Å². The van der Waals surface area contributed by atoms with E-state index in [9.17, 15) is 0 Å². The highest BCUT2D eigenvalue weighted by molar-refractivity contribution is 5.02. The van der Waals surface area contributed by atoms with E-state index < -0.39 is 0 Å². The second kappa shape index (κ2) is 6.88. The van der Waals surface area contributed by atoms with Crippen LogP contribution in [0.25, 0.3) is 0 Å². The lowest BCUT2D eigenvalue weighted by molar-refractivity contribution is 0.0185. The van der Waals surface area contributed by atoms with Crippen molar-refractivity contribution in [3.63, 3.8) is 0 Å².